The fraction of sp³-hybridized carbons (Fsp3) is 0.143. The Morgan fingerprint density at radius 2 is 1.58 bits per heavy atom. The molecule has 2 rings (SSSR count). The van der Waals surface area contributed by atoms with Crippen LogP contribution < -0.4 is 5.32 Å². The van der Waals surface area contributed by atoms with Gasteiger partial charge in [0, 0.05) is 13.1 Å². The van der Waals surface area contributed by atoms with E-state index in [0.717, 1.165) is 11.1 Å². The van der Waals surface area contributed by atoms with E-state index in [2.05, 4.69) is 5.32 Å². The minimum atomic E-state index is -0.436. The van der Waals surface area contributed by atoms with E-state index in [1.165, 1.54) is 18.2 Å². The van der Waals surface area contributed by atoms with Crippen molar-refractivity contribution in [3.63, 3.8) is 0 Å². The quantitative estimate of drug-likeness (QED) is 0.755. The van der Waals surface area contributed by atoms with E-state index >= 15 is 0 Å². The van der Waals surface area contributed by atoms with Gasteiger partial charge in [0.25, 0.3) is 0 Å². The fourth-order valence-electron chi connectivity index (χ4n) is 1.68. The first-order chi connectivity index (χ1) is 9.06. The Hall–Kier alpha value is -1.78. The maximum absolute atomic E-state index is 13.0. The van der Waals surface area contributed by atoms with Gasteiger partial charge in [-0.05, 0) is 35.4 Å². The molecule has 0 radical (unpaired) electrons. The third-order valence-corrected chi connectivity index (χ3v) is 2.97. The number of hydrogen-bond donors (Lipinski definition) is 3. The summed E-state index contributed by atoms with van der Waals surface area (Å²) in [6.07, 6.45) is 0. The molecule has 0 fully saturated rings. The van der Waals surface area contributed by atoms with Gasteiger partial charge in [0.15, 0.2) is 11.5 Å². The molecule has 3 N–H and O–H groups in total. The van der Waals surface area contributed by atoms with E-state index in [9.17, 15) is 14.6 Å². The minimum Gasteiger partial charge on any atom is -0.504 e. The first-order valence-electron chi connectivity index (χ1n) is 5.72. The molecule has 0 unspecified atom stereocenters. The molecule has 19 heavy (non-hydrogen) atoms. The zero-order chi connectivity index (χ0) is 13.8. The second-order valence-corrected chi connectivity index (χ2v) is 4.58. The van der Waals surface area contributed by atoms with Crippen molar-refractivity contribution in [1.82, 2.24) is 5.32 Å². The Morgan fingerprint density at radius 3 is 2.21 bits per heavy atom. The van der Waals surface area contributed by atoms with E-state index < -0.39 is 5.82 Å². The summed E-state index contributed by atoms with van der Waals surface area (Å²) in [5.74, 6) is -0.730. The lowest BCUT2D eigenvalue weighted by molar-refractivity contribution is 0.403. The molecule has 0 saturated heterocycles. The second-order valence-electron chi connectivity index (χ2n) is 4.18. The largest absolute Gasteiger partial charge is 0.504 e. The van der Waals surface area contributed by atoms with Crippen LogP contribution in [0.2, 0.25) is 5.02 Å². The van der Waals surface area contributed by atoms with Crippen molar-refractivity contribution in [2.24, 2.45) is 0 Å². The molecule has 0 bridgehead atoms. The van der Waals surface area contributed by atoms with Crippen LogP contribution in [0.4, 0.5) is 4.39 Å². The highest BCUT2D eigenvalue weighted by atomic mass is 35.5. The first-order valence-corrected chi connectivity index (χ1v) is 6.09. The van der Waals surface area contributed by atoms with Crippen LogP contribution in [0, 0.1) is 5.82 Å². The Labute approximate surface area is 115 Å². The molecule has 0 atom stereocenters. The predicted molar refractivity (Wildman–Crippen MR) is 71.7 cm³/mol. The summed E-state index contributed by atoms with van der Waals surface area (Å²) in [4.78, 5) is 0. The summed E-state index contributed by atoms with van der Waals surface area (Å²) >= 11 is 5.68. The smallest absolute Gasteiger partial charge is 0.157 e. The molecule has 100 valence electrons. The molecule has 0 amide bonds. The van der Waals surface area contributed by atoms with Crippen LogP contribution in [0.3, 0.4) is 0 Å². The van der Waals surface area contributed by atoms with Crippen LogP contribution in [0.1, 0.15) is 11.1 Å². The molecule has 0 heterocycles. The molecule has 0 aromatic heterocycles. The van der Waals surface area contributed by atoms with E-state index in [1.54, 1.807) is 18.2 Å². The molecule has 0 aliphatic carbocycles. The maximum atomic E-state index is 13.0. The molecular weight excluding hydrogens is 269 g/mol. The van der Waals surface area contributed by atoms with Crippen LogP contribution in [0.15, 0.2) is 36.4 Å². The number of aromatic hydroxyl groups is 2. The van der Waals surface area contributed by atoms with Crippen LogP contribution >= 0.6 is 11.6 Å². The molecule has 0 saturated carbocycles. The van der Waals surface area contributed by atoms with Crippen LogP contribution in [-0.4, -0.2) is 10.2 Å². The first kappa shape index (κ1) is 13.6. The highest BCUT2D eigenvalue weighted by Gasteiger charge is 2.02. The maximum Gasteiger partial charge on any atom is 0.157 e. The van der Waals surface area contributed by atoms with Gasteiger partial charge in [-0.2, -0.15) is 0 Å². The van der Waals surface area contributed by atoms with Crippen LogP contribution in [-0.2, 0) is 13.1 Å². The van der Waals surface area contributed by atoms with Gasteiger partial charge >= 0.3 is 0 Å². The van der Waals surface area contributed by atoms with Gasteiger partial charge in [-0.1, -0.05) is 23.7 Å². The molecule has 2 aromatic rings. The molecule has 0 aliphatic rings. The number of phenols is 2. The lowest BCUT2D eigenvalue weighted by Crippen LogP contribution is -2.12. The minimum absolute atomic E-state index is 0.0987. The van der Waals surface area contributed by atoms with Gasteiger partial charge in [0.05, 0.1) is 5.02 Å². The Kier molecular flexibility index (Phi) is 4.24. The molecule has 3 nitrogen and oxygen atoms in total. The third kappa shape index (κ3) is 3.59. The normalized spacial score (nSPS) is 10.6. The van der Waals surface area contributed by atoms with E-state index in [0.29, 0.717) is 13.1 Å². The number of hydrogen-bond acceptors (Lipinski definition) is 3. The van der Waals surface area contributed by atoms with Crippen molar-refractivity contribution < 1.29 is 14.6 Å². The average molecular weight is 282 g/mol. The topological polar surface area (TPSA) is 52.5 Å². The highest BCUT2D eigenvalue weighted by Crippen LogP contribution is 2.24. The zero-order valence-corrected chi connectivity index (χ0v) is 10.8. The average Bonchev–Trinajstić information content (AvgIpc) is 2.38. The van der Waals surface area contributed by atoms with Crippen LogP contribution in [0.25, 0.3) is 0 Å². The van der Waals surface area contributed by atoms with Crippen molar-refractivity contribution in [2.75, 3.05) is 0 Å². The second kappa shape index (κ2) is 5.91. The van der Waals surface area contributed by atoms with Crippen molar-refractivity contribution in [3.8, 4) is 11.5 Å². The zero-order valence-electron chi connectivity index (χ0n) is 10.0. The van der Waals surface area contributed by atoms with Gasteiger partial charge in [0.1, 0.15) is 5.82 Å². The number of phenolic OH excluding ortho intramolecular Hbond substituents is 2. The van der Waals surface area contributed by atoms with Crippen molar-refractivity contribution in [2.45, 2.75) is 13.1 Å². The summed E-state index contributed by atoms with van der Waals surface area (Å²) in [5.41, 5.74) is 1.71. The summed E-state index contributed by atoms with van der Waals surface area (Å²) in [6, 6.07) is 9.17. The van der Waals surface area contributed by atoms with Crippen molar-refractivity contribution in [1.29, 1.82) is 0 Å². The van der Waals surface area contributed by atoms with E-state index in [-0.39, 0.29) is 16.5 Å². The lowest BCUT2D eigenvalue weighted by atomic mass is 10.2. The van der Waals surface area contributed by atoms with Gasteiger partial charge in [-0.15, -0.1) is 0 Å². The van der Waals surface area contributed by atoms with Gasteiger partial charge < -0.3 is 15.5 Å². The Morgan fingerprint density at radius 1 is 0.947 bits per heavy atom. The summed E-state index contributed by atoms with van der Waals surface area (Å²) in [6.45, 7) is 1.05. The standard InChI is InChI=1S/C14H13ClFNO2/c15-11-5-9(1-3-12(11)16)7-17-8-10-2-4-13(18)14(19)6-10/h1-6,17-19H,7-8H2. The van der Waals surface area contributed by atoms with Gasteiger partial charge in [-0.3, -0.25) is 0 Å². The molecular formula is C14H13ClFNO2. The molecule has 0 aliphatic heterocycles. The fourth-order valence-corrected chi connectivity index (χ4v) is 1.88. The van der Waals surface area contributed by atoms with E-state index in [4.69, 9.17) is 11.6 Å². The summed E-state index contributed by atoms with van der Waals surface area (Å²) in [7, 11) is 0. The molecule has 5 heteroatoms. The summed E-state index contributed by atoms with van der Waals surface area (Å²) in [5, 5.41) is 21.8. The number of nitrogens with one attached hydrogen (secondary N) is 1. The Balaban J connectivity index is 1.92. The third-order valence-electron chi connectivity index (χ3n) is 2.68. The number of benzene rings is 2. The van der Waals surface area contributed by atoms with Crippen LogP contribution in [0.5, 0.6) is 11.5 Å². The molecule has 2 aromatic carbocycles. The van der Waals surface area contributed by atoms with E-state index in [1.807, 2.05) is 0 Å². The monoisotopic (exact) mass is 281 g/mol. The SMILES string of the molecule is Oc1ccc(CNCc2ccc(F)c(Cl)c2)cc1O. The molecule has 0 spiro atoms. The Bertz CT molecular complexity index is 538. The summed E-state index contributed by atoms with van der Waals surface area (Å²) < 4.78 is 13.0. The van der Waals surface area contributed by atoms with Crippen molar-refractivity contribution >= 4 is 11.6 Å². The van der Waals surface area contributed by atoms with Gasteiger partial charge in [0.2, 0.25) is 0 Å². The van der Waals surface area contributed by atoms with Crippen molar-refractivity contribution in [3.05, 3.63) is 58.4 Å². The van der Waals surface area contributed by atoms with Gasteiger partial charge in [-0.25, -0.2) is 4.39 Å². The highest BCUT2D eigenvalue weighted by molar-refractivity contribution is 6.30. The predicted octanol–water partition coefficient (Wildman–Crippen LogP) is 3.18. The lowest BCUT2D eigenvalue weighted by Gasteiger charge is -2.07. The number of halogens is 2. The number of rotatable bonds is 4.